The lowest BCUT2D eigenvalue weighted by Crippen LogP contribution is -2.28. The highest BCUT2D eigenvalue weighted by atomic mass is 32.2. The van der Waals surface area contributed by atoms with Crippen LogP contribution in [0.2, 0.25) is 0 Å². The van der Waals surface area contributed by atoms with Gasteiger partial charge in [0.05, 0.1) is 4.92 Å². The molecule has 7 nitrogen and oxygen atoms in total. The summed E-state index contributed by atoms with van der Waals surface area (Å²) in [6, 6.07) is 5.85. The van der Waals surface area contributed by atoms with Crippen LogP contribution in [0.15, 0.2) is 41.3 Å². The van der Waals surface area contributed by atoms with Crippen molar-refractivity contribution in [3.63, 3.8) is 0 Å². The summed E-state index contributed by atoms with van der Waals surface area (Å²) in [5, 5.41) is 11.0. The van der Waals surface area contributed by atoms with Gasteiger partial charge in [0.1, 0.15) is 16.4 Å². The van der Waals surface area contributed by atoms with Crippen LogP contribution in [0.3, 0.4) is 0 Å². The Morgan fingerprint density at radius 1 is 1.04 bits per heavy atom. The van der Waals surface area contributed by atoms with Crippen LogP contribution in [-0.2, 0) is 10.0 Å². The molecule has 0 atom stereocenters. The number of nitrogens with zero attached hydrogens (tertiary/aromatic N) is 2. The van der Waals surface area contributed by atoms with E-state index < -0.39 is 37.2 Å². The number of hydrogen-bond donors (Lipinski definition) is 0. The summed E-state index contributed by atoms with van der Waals surface area (Å²) in [6.07, 6.45) is 1.38. The fraction of sp³-hybridized carbons (Fsp3) is 0.250. The average molecular weight is 384 g/mol. The Labute approximate surface area is 148 Å². The molecular formula is C16H14F2N2O5S. The predicted octanol–water partition coefficient (Wildman–Crippen LogP) is 3.45. The van der Waals surface area contributed by atoms with Crippen molar-refractivity contribution in [3.05, 3.63) is 58.1 Å². The Morgan fingerprint density at radius 3 is 2.35 bits per heavy atom. The fourth-order valence-electron chi connectivity index (χ4n) is 2.63. The zero-order chi connectivity index (χ0) is 18.9. The van der Waals surface area contributed by atoms with E-state index in [1.165, 1.54) is 4.31 Å². The number of ether oxygens (including phenoxy) is 1. The molecule has 3 rings (SSSR count). The number of hydrogen-bond acceptors (Lipinski definition) is 5. The van der Waals surface area contributed by atoms with Crippen molar-refractivity contribution in [1.29, 1.82) is 0 Å². The van der Waals surface area contributed by atoms with Crippen LogP contribution >= 0.6 is 0 Å². The number of rotatable bonds is 5. The van der Waals surface area contributed by atoms with Gasteiger partial charge < -0.3 is 4.74 Å². The summed E-state index contributed by atoms with van der Waals surface area (Å²) in [5.41, 5.74) is -0.416. The molecule has 1 heterocycles. The van der Waals surface area contributed by atoms with E-state index in [0.29, 0.717) is 25.9 Å². The number of sulfonamides is 1. The summed E-state index contributed by atoms with van der Waals surface area (Å²) in [5.74, 6) is -2.57. The number of halogens is 2. The first-order valence-corrected chi connectivity index (χ1v) is 9.14. The molecule has 10 heteroatoms. The third-order valence-corrected chi connectivity index (χ3v) is 5.86. The molecule has 0 radical (unpaired) electrons. The Morgan fingerprint density at radius 2 is 1.73 bits per heavy atom. The Hall–Kier alpha value is -2.59. The number of non-ortho nitro benzene ring substituents is 1. The maximum absolute atomic E-state index is 13.4. The van der Waals surface area contributed by atoms with E-state index in [1.807, 2.05) is 0 Å². The van der Waals surface area contributed by atoms with Crippen LogP contribution in [0.4, 0.5) is 14.5 Å². The number of nitro groups is 1. The average Bonchev–Trinajstić information content (AvgIpc) is 3.13. The lowest BCUT2D eigenvalue weighted by Gasteiger charge is -2.18. The summed E-state index contributed by atoms with van der Waals surface area (Å²) < 4.78 is 58.7. The second-order valence-electron chi connectivity index (χ2n) is 5.68. The lowest BCUT2D eigenvalue weighted by molar-refractivity contribution is -0.385. The van der Waals surface area contributed by atoms with Gasteiger partial charge >= 0.3 is 0 Å². The maximum atomic E-state index is 13.4. The quantitative estimate of drug-likeness (QED) is 0.582. The van der Waals surface area contributed by atoms with Gasteiger partial charge in [-0.2, -0.15) is 4.31 Å². The van der Waals surface area contributed by atoms with Crippen LogP contribution < -0.4 is 4.74 Å². The van der Waals surface area contributed by atoms with Crippen LogP contribution in [0.1, 0.15) is 12.8 Å². The van der Waals surface area contributed by atoms with Crippen LogP contribution in [0.5, 0.6) is 11.5 Å². The molecule has 1 saturated heterocycles. The largest absolute Gasteiger partial charge is 0.456 e. The van der Waals surface area contributed by atoms with Crippen molar-refractivity contribution in [3.8, 4) is 11.5 Å². The third-order valence-electron chi connectivity index (χ3n) is 3.94. The van der Waals surface area contributed by atoms with E-state index in [0.717, 1.165) is 36.4 Å². The first kappa shape index (κ1) is 18.2. The van der Waals surface area contributed by atoms with Gasteiger partial charge in [0.2, 0.25) is 10.0 Å². The first-order chi connectivity index (χ1) is 12.3. The molecule has 2 aromatic carbocycles. The smallest absolute Gasteiger partial charge is 0.271 e. The van der Waals surface area contributed by atoms with Crippen molar-refractivity contribution >= 4 is 15.7 Å². The van der Waals surface area contributed by atoms with Crippen molar-refractivity contribution in [2.24, 2.45) is 0 Å². The summed E-state index contributed by atoms with van der Waals surface area (Å²) in [7, 11) is -4.03. The monoisotopic (exact) mass is 384 g/mol. The second kappa shape index (κ2) is 6.96. The molecule has 0 N–H and O–H groups in total. The molecule has 0 aliphatic carbocycles. The molecule has 0 aromatic heterocycles. The highest BCUT2D eigenvalue weighted by molar-refractivity contribution is 7.89. The Bertz CT molecular complexity index is 959. The van der Waals surface area contributed by atoms with E-state index in [2.05, 4.69) is 0 Å². The van der Waals surface area contributed by atoms with Gasteiger partial charge in [0.25, 0.3) is 5.69 Å². The molecule has 1 fully saturated rings. The highest BCUT2D eigenvalue weighted by Crippen LogP contribution is 2.35. The molecule has 2 aromatic rings. The Balaban J connectivity index is 2.06. The molecule has 0 unspecified atom stereocenters. The molecule has 0 bridgehead atoms. The number of benzene rings is 2. The van der Waals surface area contributed by atoms with Crippen LogP contribution in [-0.4, -0.2) is 30.7 Å². The fourth-order valence-corrected chi connectivity index (χ4v) is 4.28. The molecule has 0 amide bonds. The van der Waals surface area contributed by atoms with Gasteiger partial charge in [-0.15, -0.1) is 0 Å². The van der Waals surface area contributed by atoms with Gasteiger partial charge in [-0.1, -0.05) is 0 Å². The molecule has 26 heavy (non-hydrogen) atoms. The summed E-state index contributed by atoms with van der Waals surface area (Å²) >= 11 is 0. The van der Waals surface area contributed by atoms with E-state index in [9.17, 15) is 27.3 Å². The van der Waals surface area contributed by atoms with Gasteiger partial charge in [-0.3, -0.25) is 10.1 Å². The summed E-state index contributed by atoms with van der Waals surface area (Å²) in [4.78, 5) is 9.91. The summed E-state index contributed by atoms with van der Waals surface area (Å²) in [6.45, 7) is 0.602. The van der Waals surface area contributed by atoms with Gasteiger partial charge in [0, 0.05) is 31.3 Å². The zero-order valence-corrected chi connectivity index (χ0v) is 14.2. The van der Waals surface area contributed by atoms with Crippen molar-refractivity contribution in [1.82, 2.24) is 4.31 Å². The third kappa shape index (κ3) is 3.51. The molecular weight excluding hydrogens is 370 g/mol. The molecule has 138 valence electrons. The standard InChI is InChI=1S/C16H14F2N2O5S/c17-13-5-4-12(10-14(13)18)25-15-6-3-11(20(21)22)9-16(15)26(23,24)19-7-1-2-8-19/h3-6,9-10H,1-2,7-8H2. The minimum absolute atomic E-state index is 0.129. The molecule has 1 aliphatic rings. The van der Waals surface area contributed by atoms with E-state index in [-0.39, 0.29) is 11.5 Å². The van der Waals surface area contributed by atoms with Gasteiger partial charge in [0.15, 0.2) is 11.6 Å². The van der Waals surface area contributed by atoms with E-state index >= 15 is 0 Å². The van der Waals surface area contributed by atoms with Crippen molar-refractivity contribution in [2.75, 3.05) is 13.1 Å². The normalized spacial score (nSPS) is 15.2. The van der Waals surface area contributed by atoms with E-state index in [4.69, 9.17) is 4.74 Å². The van der Waals surface area contributed by atoms with Crippen LogP contribution in [0.25, 0.3) is 0 Å². The van der Waals surface area contributed by atoms with E-state index in [1.54, 1.807) is 0 Å². The minimum atomic E-state index is -4.03. The van der Waals surface area contributed by atoms with Gasteiger partial charge in [-0.05, 0) is 31.0 Å². The van der Waals surface area contributed by atoms with Crippen molar-refractivity contribution in [2.45, 2.75) is 17.7 Å². The molecule has 1 aliphatic heterocycles. The highest BCUT2D eigenvalue weighted by Gasteiger charge is 2.32. The molecule has 0 spiro atoms. The zero-order valence-electron chi connectivity index (χ0n) is 13.4. The topological polar surface area (TPSA) is 89.7 Å². The maximum Gasteiger partial charge on any atom is 0.271 e. The first-order valence-electron chi connectivity index (χ1n) is 7.70. The molecule has 0 saturated carbocycles. The lowest BCUT2D eigenvalue weighted by atomic mass is 10.3. The Kier molecular flexibility index (Phi) is 4.88. The van der Waals surface area contributed by atoms with Crippen molar-refractivity contribution < 1.29 is 26.9 Å². The second-order valence-corrected chi connectivity index (χ2v) is 7.58. The number of nitro benzene ring substituents is 1. The van der Waals surface area contributed by atoms with Crippen LogP contribution in [0, 0.1) is 21.7 Å². The predicted molar refractivity (Wildman–Crippen MR) is 87.5 cm³/mol. The SMILES string of the molecule is O=[N+]([O-])c1ccc(Oc2ccc(F)c(F)c2)c(S(=O)(=O)N2CCCC2)c1. The van der Waals surface area contributed by atoms with Gasteiger partial charge in [-0.25, -0.2) is 17.2 Å². The minimum Gasteiger partial charge on any atom is -0.456 e.